The van der Waals surface area contributed by atoms with Crippen LogP contribution < -0.4 is 14.9 Å². The number of carbonyl (C=O) groups is 2. The molecule has 1 heterocycles. The van der Waals surface area contributed by atoms with Gasteiger partial charge in [-0.05, 0) is 60.5 Å². The number of benzene rings is 2. The standard InChI is InChI=1S/C21H17ClN2O5/c1-13-5-7-15(16(22)10-13)20(25)24-23-12-14-6-8-17(19(11-14)27-2)29-21(26)18-4-3-9-28-18/h3-12H,1-2H3,(H,24,25). The highest BCUT2D eigenvalue weighted by atomic mass is 35.5. The molecule has 0 saturated carbocycles. The lowest BCUT2D eigenvalue weighted by molar-refractivity contribution is 0.0696. The number of furan rings is 1. The molecule has 0 saturated heterocycles. The zero-order valence-corrected chi connectivity index (χ0v) is 16.4. The van der Waals surface area contributed by atoms with Crippen molar-refractivity contribution in [1.29, 1.82) is 0 Å². The number of rotatable bonds is 6. The Morgan fingerprint density at radius 1 is 1.14 bits per heavy atom. The lowest BCUT2D eigenvalue weighted by Gasteiger charge is -2.09. The molecular weight excluding hydrogens is 396 g/mol. The van der Waals surface area contributed by atoms with E-state index in [1.165, 1.54) is 25.7 Å². The van der Waals surface area contributed by atoms with Gasteiger partial charge in [0.2, 0.25) is 5.76 Å². The molecule has 29 heavy (non-hydrogen) atoms. The smallest absolute Gasteiger partial charge is 0.379 e. The Labute approximate surface area is 171 Å². The number of amides is 1. The molecule has 0 atom stereocenters. The van der Waals surface area contributed by atoms with Gasteiger partial charge in [-0.25, -0.2) is 10.2 Å². The number of nitrogens with zero attached hydrogens (tertiary/aromatic N) is 1. The minimum atomic E-state index is -0.642. The first kappa shape index (κ1) is 20.2. The summed E-state index contributed by atoms with van der Waals surface area (Å²) < 4.78 is 15.5. The third-order valence-electron chi connectivity index (χ3n) is 3.86. The molecule has 8 heteroatoms. The molecular formula is C21H17ClN2O5. The molecule has 7 nitrogen and oxygen atoms in total. The maximum Gasteiger partial charge on any atom is 0.379 e. The molecule has 3 rings (SSSR count). The Morgan fingerprint density at radius 3 is 2.66 bits per heavy atom. The Bertz CT molecular complexity index is 1060. The van der Waals surface area contributed by atoms with E-state index in [-0.39, 0.29) is 11.5 Å². The molecule has 1 aromatic heterocycles. The zero-order chi connectivity index (χ0) is 20.8. The molecule has 0 unspecified atom stereocenters. The van der Waals surface area contributed by atoms with Gasteiger partial charge in [0.25, 0.3) is 5.91 Å². The number of methoxy groups -OCH3 is 1. The van der Waals surface area contributed by atoms with Gasteiger partial charge in [0.15, 0.2) is 11.5 Å². The zero-order valence-electron chi connectivity index (χ0n) is 15.6. The van der Waals surface area contributed by atoms with Crippen LogP contribution >= 0.6 is 11.6 Å². The predicted octanol–water partition coefficient (Wildman–Crippen LogP) is 4.23. The molecule has 1 N–H and O–H groups in total. The second kappa shape index (κ2) is 9.07. The first-order chi connectivity index (χ1) is 14.0. The van der Waals surface area contributed by atoms with Crippen molar-refractivity contribution in [2.75, 3.05) is 7.11 Å². The molecule has 0 aliphatic rings. The van der Waals surface area contributed by atoms with Crippen LogP contribution in [0.3, 0.4) is 0 Å². The number of hydrogen-bond donors (Lipinski definition) is 1. The van der Waals surface area contributed by atoms with Crippen LogP contribution in [0.5, 0.6) is 11.5 Å². The number of ether oxygens (including phenoxy) is 2. The van der Waals surface area contributed by atoms with Crippen molar-refractivity contribution in [3.05, 3.63) is 82.3 Å². The first-order valence-electron chi connectivity index (χ1n) is 8.51. The van der Waals surface area contributed by atoms with E-state index in [9.17, 15) is 9.59 Å². The lowest BCUT2D eigenvalue weighted by atomic mass is 10.1. The van der Waals surface area contributed by atoms with Crippen LogP contribution in [0, 0.1) is 6.92 Å². The maximum atomic E-state index is 12.2. The summed E-state index contributed by atoms with van der Waals surface area (Å²) in [5.74, 6) is -0.447. The van der Waals surface area contributed by atoms with Crippen molar-refractivity contribution < 1.29 is 23.5 Å². The van der Waals surface area contributed by atoms with Crippen LogP contribution in [0.25, 0.3) is 0 Å². The number of nitrogens with one attached hydrogen (secondary N) is 1. The fourth-order valence-corrected chi connectivity index (χ4v) is 2.74. The van der Waals surface area contributed by atoms with Gasteiger partial charge >= 0.3 is 5.97 Å². The summed E-state index contributed by atoms with van der Waals surface area (Å²) in [5, 5.41) is 4.28. The van der Waals surface area contributed by atoms with E-state index >= 15 is 0 Å². The normalized spacial score (nSPS) is 10.7. The highest BCUT2D eigenvalue weighted by molar-refractivity contribution is 6.33. The van der Waals surface area contributed by atoms with Gasteiger partial charge in [0.1, 0.15) is 0 Å². The third-order valence-corrected chi connectivity index (χ3v) is 4.17. The summed E-state index contributed by atoms with van der Waals surface area (Å²) in [6, 6.07) is 13.0. The fraction of sp³-hybridized carbons (Fsp3) is 0.0952. The maximum absolute atomic E-state index is 12.2. The van der Waals surface area contributed by atoms with Crippen molar-refractivity contribution in [3.63, 3.8) is 0 Å². The molecule has 0 radical (unpaired) electrons. The number of esters is 1. The largest absolute Gasteiger partial charge is 0.493 e. The first-order valence-corrected chi connectivity index (χ1v) is 8.89. The highest BCUT2D eigenvalue weighted by Gasteiger charge is 2.15. The number of halogens is 1. The summed E-state index contributed by atoms with van der Waals surface area (Å²) in [6.07, 6.45) is 2.81. The van der Waals surface area contributed by atoms with E-state index in [0.717, 1.165) is 5.56 Å². The monoisotopic (exact) mass is 412 g/mol. The van der Waals surface area contributed by atoms with Crippen molar-refractivity contribution in [3.8, 4) is 11.5 Å². The van der Waals surface area contributed by atoms with E-state index in [0.29, 0.717) is 21.9 Å². The molecule has 1 amide bonds. The topological polar surface area (TPSA) is 90.1 Å². The number of aryl methyl sites for hydroxylation is 1. The number of carbonyl (C=O) groups excluding carboxylic acids is 2. The average Bonchev–Trinajstić information content (AvgIpc) is 3.23. The Balaban J connectivity index is 1.68. The van der Waals surface area contributed by atoms with Gasteiger partial charge in [-0.15, -0.1) is 0 Å². The van der Waals surface area contributed by atoms with Crippen LogP contribution in [-0.4, -0.2) is 25.2 Å². The predicted molar refractivity (Wildman–Crippen MR) is 108 cm³/mol. The second-order valence-electron chi connectivity index (χ2n) is 5.96. The molecule has 0 aliphatic heterocycles. The average molecular weight is 413 g/mol. The summed E-state index contributed by atoms with van der Waals surface area (Å²) in [5.41, 5.74) is 4.32. The van der Waals surface area contributed by atoms with Crippen LogP contribution in [0.15, 0.2) is 64.3 Å². The minimum absolute atomic E-state index is 0.0789. The van der Waals surface area contributed by atoms with E-state index in [1.54, 1.807) is 42.5 Å². The summed E-state index contributed by atoms with van der Waals surface area (Å²) in [7, 11) is 1.45. The lowest BCUT2D eigenvalue weighted by Crippen LogP contribution is -2.18. The van der Waals surface area contributed by atoms with Gasteiger partial charge in [-0.2, -0.15) is 5.10 Å². The van der Waals surface area contributed by atoms with Gasteiger partial charge in [-0.1, -0.05) is 17.7 Å². The van der Waals surface area contributed by atoms with Crippen molar-refractivity contribution in [2.24, 2.45) is 5.10 Å². The quantitative estimate of drug-likeness (QED) is 0.283. The Kier molecular flexibility index (Phi) is 6.31. The highest BCUT2D eigenvalue weighted by Crippen LogP contribution is 2.28. The summed E-state index contributed by atoms with van der Waals surface area (Å²) >= 11 is 6.08. The van der Waals surface area contributed by atoms with Gasteiger partial charge in [0.05, 0.1) is 30.2 Å². The van der Waals surface area contributed by atoms with Crippen LogP contribution in [0.1, 0.15) is 32.0 Å². The van der Waals surface area contributed by atoms with E-state index in [2.05, 4.69) is 10.5 Å². The fourth-order valence-electron chi connectivity index (χ4n) is 2.42. The van der Waals surface area contributed by atoms with Crippen LogP contribution in [0.2, 0.25) is 5.02 Å². The Morgan fingerprint density at radius 2 is 1.97 bits per heavy atom. The van der Waals surface area contributed by atoms with E-state index in [4.69, 9.17) is 25.5 Å². The number of hydrazone groups is 1. The van der Waals surface area contributed by atoms with Crippen LogP contribution in [-0.2, 0) is 0 Å². The Hall–Kier alpha value is -3.58. The summed E-state index contributed by atoms with van der Waals surface area (Å²) in [6.45, 7) is 1.88. The van der Waals surface area contributed by atoms with Crippen molar-refractivity contribution >= 4 is 29.7 Å². The molecule has 2 aromatic carbocycles. The van der Waals surface area contributed by atoms with Gasteiger partial charge in [0, 0.05) is 0 Å². The van der Waals surface area contributed by atoms with Gasteiger partial charge in [-0.3, -0.25) is 4.79 Å². The third kappa shape index (κ3) is 5.03. The molecule has 0 bridgehead atoms. The number of hydrogen-bond acceptors (Lipinski definition) is 6. The van der Waals surface area contributed by atoms with Crippen molar-refractivity contribution in [1.82, 2.24) is 5.43 Å². The molecule has 0 fully saturated rings. The van der Waals surface area contributed by atoms with Gasteiger partial charge < -0.3 is 13.9 Å². The molecule has 3 aromatic rings. The molecule has 0 aliphatic carbocycles. The van der Waals surface area contributed by atoms with E-state index < -0.39 is 11.9 Å². The molecule has 148 valence electrons. The van der Waals surface area contributed by atoms with E-state index in [1.807, 2.05) is 6.92 Å². The SMILES string of the molecule is COc1cc(C=NNC(=O)c2ccc(C)cc2Cl)ccc1OC(=O)c1ccco1. The summed E-state index contributed by atoms with van der Waals surface area (Å²) in [4.78, 5) is 24.2. The van der Waals surface area contributed by atoms with Crippen LogP contribution in [0.4, 0.5) is 0 Å². The second-order valence-corrected chi connectivity index (χ2v) is 6.37. The minimum Gasteiger partial charge on any atom is -0.493 e. The molecule has 0 spiro atoms. The van der Waals surface area contributed by atoms with Crippen molar-refractivity contribution in [2.45, 2.75) is 6.92 Å².